The summed E-state index contributed by atoms with van der Waals surface area (Å²) in [5.41, 5.74) is 2.85. The lowest BCUT2D eigenvalue weighted by Crippen LogP contribution is -2.16. The van der Waals surface area contributed by atoms with Gasteiger partial charge in [0.2, 0.25) is 0 Å². The number of amides is 1. The van der Waals surface area contributed by atoms with Crippen LogP contribution in [-0.4, -0.2) is 10.5 Å². The Balaban J connectivity index is 2.16. The Morgan fingerprint density at radius 3 is 2.67 bits per heavy atom. The topological polar surface area (TPSA) is 34.4 Å². The van der Waals surface area contributed by atoms with E-state index in [-0.39, 0.29) is 5.91 Å². The average molecular weight is 334 g/mol. The third kappa shape index (κ3) is 3.17. The lowest BCUT2D eigenvalue weighted by molar-refractivity contribution is 0.0998. The molecular weight excluding hydrogens is 316 g/mol. The van der Waals surface area contributed by atoms with E-state index in [1.165, 1.54) is 16.9 Å². The molecule has 0 aliphatic heterocycles. The summed E-state index contributed by atoms with van der Waals surface area (Å²) in [5, 5.41) is 0. The zero-order valence-electron chi connectivity index (χ0n) is 13.7. The Hall–Kier alpha value is -2.64. The molecule has 3 rings (SSSR count). The molecule has 1 amide bonds. The van der Waals surface area contributed by atoms with Crippen molar-refractivity contribution in [1.29, 1.82) is 0 Å². The molecule has 0 N–H and O–H groups in total. The van der Waals surface area contributed by atoms with E-state index >= 15 is 0 Å². The van der Waals surface area contributed by atoms with Gasteiger partial charge in [-0.15, -0.1) is 6.42 Å². The highest BCUT2D eigenvalue weighted by molar-refractivity contribution is 7.16. The molecule has 1 heterocycles. The maximum Gasteiger partial charge on any atom is 0.279 e. The Bertz CT molecular complexity index is 988. The second-order valence-electron chi connectivity index (χ2n) is 5.84. The number of thiazole rings is 1. The number of hydrogen-bond donors (Lipinski definition) is 0. The van der Waals surface area contributed by atoms with Gasteiger partial charge >= 0.3 is 0 Å². The van der Waals surface area contributed by atoms with E-state index in [9.17, 15) is 4.79 Å². The SMILES string of the molecule is C#CCn1c(=NC(=O)c2ccccc2)sc2cc(C(C)C)ccc21. The van der Waals surface area contributed by atoms with Crippen molar-refractivity contribution in [3.63, 3.8) is 0 Å². The summed E-state index contributed by atoms with van der Waals surface area (Å²) in [5.74, 6) is 2.85. The minimum Gasteiger partial charge on any atom is -0.305 e. The molecule has 0 unspecified atom stereocenters. The van der Waals surface area contributed by atoms with Crippen LogP contribution in [0, 0.1) is 12.3 Å². The molecule has 0 aliphatic carbocycles. The van der Waals surface area contributed by atoms with Crippen molar-refractivity contribution in [2.24, 2.45) is 4.99 Å². The van der Waals surface area contributed by atoms with E-state index in [0.29, 0.717) is 22.8 Å². The number of terminal acetylenes is 1. The highest BCUT2D eigenvalue weighted by atomic mass is 32.1. The van der Waals surface area contributed by atoms with E-state index in [1.807, 2.05) is 22.8 Å². The summed E-state index contributed by atoms with van der Waals surface area (Å²) in [4.78, 5) is 17.3. The number of fused-ring (bicyclic) bond motifs is 1. The van der Waals surface area contributed by atoms with Crippen LogP contribution in [0.5, 0.6) is 0 Å². The molecule has 3 aromatic rings. The van der Waals surface area contributed by atoms with Crippen molar-refractivity contribution in [2.45, 2.75) is 26.3 Å². The standard InChI is InChI=1S/C20H18N2OS/c1-4-12-22-17-11-10-16(14(2)3)13-18(17)24-20(22)21-19(23)15-8-6-5-7-9-15/h1,5-11,13-14H,12H2,2-3H3. The third-order valence-corrected chi connectivity index (χ3v) is 4.88. The maximum absolute atomic E-state index is 12.4. The molecule has 0 fully saturated rings. The second kappa shape index (κ2) is 6.86. The van der Waals surface area contributed by atoms with Crippen LogP contribution in [0.1, 0.15) is 35.7 Å². The van der Waals surface area contributed by atoms with Crippen LogP contribution >= 0.6 is 11.3 Å². The number of carbonyl (C=O) groups excluding carboxylic acids is 1. The second-order valence-corrected chi connectivity index (χ2v) is 6.85. The first-order chi connectivity index (χ1) is 11.6. The van der Waals surface area contributed by atoms with E-state index in [1.54, 1.807) is 12.1 Å². The minimum atomic E-state index is -0.253. The maximum atomic E-state index is 12.4. The van der Waals surface area contributed by atoms with Crippen molar-refractivity contribution >= 4 is 27.5 Å². The smallest absolute Gasteiger partial charge is 0.279 e. The summed E-state index contributed by atoms with van der Waals surface area (Å²) in [6.07, 6.45) is 5.51. The minimum absolute atomic E-state index is 0.253. The summed E-state index contributed by atoms with van der Waals surface area (Å²) in [6.45, 7) is 4.71. The summed E-state index contributed by atoms with van der Waals surface area (Å²) in [7, 11) is 0. The van der Waals surface area contributed by atoms with Gasteiger partial charge in [0.05, 0.1) is 16.8 Å². The van der Waals surface area contributed by atoms with Crippen molar-refractivity contribution in [3.8, 4) is 12.3 Å². The van der Waals surface area contributed by atoms with Crippen LogP contribution in [0.25, 0.3) is 10.2 Å². The summed E-state index contributed by atoms with van der Waals surface area (Å²) < 4.78 is 3.02. The fourth-order valence-electron chi connectivity index (χ4n) is 2.51. The lowest BCUT2D eigenvalue weighted by atomic mass is 10.0. The zero-order chi connectivity index (χ0) is 17.1. The first-order valence-electron chi connectivity index (χ1n) is 7.81. The monoisotopic (exact) mass is 334 g/mol. The van der Waals surface area contributed by atoms with Crippen molar-refractivity contribution in [3.05, 3.63) is 64.5 Å². The van der Waals surface area contributed by atoms with Crippen LogP contribution in [0.4, 0.5) is 0 Å². The highest BCUT2D eigenvalue weighted by Gasteiger charge is 2.10. The Morgan fingerprint density at radius 1 is 1.25 bits per heavy atom. The molecule has 2 aromatic carbocycles. The average Bonchev–Trinajstić information content (AvgIpc) is 2.92. The van der Waals surface area contributed by atoms with Crippen molar-refractivity contribution in [1.82, 2.24) is 4.57 Å². The molecule has 4 heteroatoms. The number of nitrogens with zero attached hydrogens (tertiary/aromatic N) is 2. The zero-order valence-corrected chi connectivity index (χ0v) is 14.5. The van der Waals surface area contributed by atoms with Gasteiger partial charge in [0.1, 0.15) is 0 Å². The normalized spacial score (nSPS) is 11.8. The fraction of sp³-hybridized carbons (Fsp3) is 0.200. The Labute approximate surface area is 145 Å². The number of aromatic nitrogens is 1. The molecule has 0 bridgehead atoms. The van der Waals surface area contributed by atoms with Gasteiger partial charge in [-0.25, -0.2) is 0 Å². The molecule has 120 valence electrons. The van der Waals surface area contributed by atoms with E-state index in [4.69, 9.17) is 6.42 Å². The number of rotatable bonds is 3. The van der Waals surface area contributed by atoms with Crippen molar-refractivity contribution in [2.75, 3.05) is 0 Å². The van der Waals surface area contributed by atoms with E-state index < -0.39 is 0 Å². The molecule has 0 atom stereocenters. The summed E-state index contributed by atoms with van der Waals surface area (Å²) in [6, 6.07) is 15.4. The van der Waals surface area contributed by atoms with Crippen LogP contribution < -0.4 is 4.80 Å². The molecule has 0 aliphatic rings. The van der Waals surface area contributed by atoms with Gasteiger partial charge in [-0.3, -0.25) is 4.79 Å². The molecule has 3 nitrogen and oxygen atoms in total. The van der Waals surface area contributed by atoms with Gasteiger partial charge in [-0.1, -0.05) is 55.4 Å². The van der Waals surface area contributed by atoms with Gasteiger partial charge in [0.15, 0.2) is 4.80 Å². The number of benzene rings is 2. The molecule has 0 spiro atoms. The van der Waals surface area contributed by atoms with Gasteiger partial charge in [0, 0.05) is 5.56 Å². The first-order valence-corrected chi connectivity index (χ1v) is 8.62. The Morgan fingerprint density at radius 2 is 2.00 bits per heavy atom. The van der Waals surface area contributed by atoms with Crippen LogP contribution in [0.15, 0.2) is 53.5 Å². The number of carbonyl (C=O) groups is 1. The lowest BCUT2D eigenvalue weighted by Gasteiger charge is -2.05. The summed E-state index contributed by atoms with van der Waals surface area (Å²) >= 11 is 1.50. The predicted molar refractivity (Wildman–Crippen MR) is 99.1 cm³/mol. The highest BCUT2D eigenvalue weighted by Crippen LogP contribution is 2.23. The fourth-order valence-corrected chi connectivity index (χ4v) is 3.59. The van der Waals surface area contributed by atoms with E-state index in [0.717, 1.165) is 10.2 Å². The van der Waals surface area contributed by atoms with Crippen LogP contribution in [-0.2, 0) is 6.54 Å². The molecule has 1 aromatic heterocycles. The third-order valence-electron chi connectivity index (χ3n) is 3.84. The van der Waals surface area contributed by atoms with Gasteiger partial charge in [0.25, 0.3) is 5.91 Å². The molecule has 24 heavy (non-hydrogen) atoms. The van der Waals surface area contributed by atoms with Gasteiger partial charge in [-0.05, 0) is 35.7 Å². The van der Waals surface area contributed by atoms with Crippen LogP contribution in [0.3, 0.4) is 0 Å². The molecule has 0 saturated heterocycles. The van der Waals surface area contributed by atoms with E-state index in [2.05, 4.69) is 43.0 Å². The molecule has 0 saturated carbocycles. The van der Waals surface area contributed by atoms with Gasteiger partial charge < -0.3 is 4.57 Å². The number of hydrogen-bond acceptors (Lipinski definition) is 2. The first kappa shape index (κ1) is 16.2. The molecule has 0 radical (unpaired) electrons. The predicted octanol–water partition coefficient (Wildman–Crippen LogP) is 4.20. The van der Waals surface area contributed by atoms with Gasteiger partial charge in [-0.2, -0.15) is 4.99 Å². The largest absolute Gasteiger partial charge is 0.305 e. The Kier molecular flexibility index (Phi) is 4.64. The molecular formula is C20H18N2OS. The van der Waals surface area contributed by atoms with Crippen LogP contribution in [0.2, 0.25) is 0 Å². The van der Waals surface area contributed by atoms with Crippen molar-refractivity contribution < 1.29 is 4.79 Å². The quantitative estimate of drug-likeness (QED) is 0.661.